The van der Waals surface area contributed by atoms with Gasteiger partial charge in [0.1, 0.15) is 6.04 Å². The lowest BCUT2D eigenvalue weighted by Gasteiger charge is -2.14. The van der Waals surface area contributed by atoms with E-state index < -0.39 is 6.04 Å². The number of rotatable bonds is 3. The molecule has 0 bridgehead atoms. The molecule has 0 fully saturated rings. The molecule has 0 aliphatic rings. The van der Waals surface area contributed by atoms with Gasteiger partial charge in [0.2, 0.25) is 0 Å². The Morgan fingerprint density at radius 2 is 1.93 bits per heavy atom. The van der Waals surface area contributed by atoms with E-state index in [1.54, 1.807) is 24.3 Å². The maximum absolute atomic E-state index is 11.7. The zero-order valence-electron chi connectivity index (χ0n) is 8.90. The summed E-state index contributed by atoms with van der Waals surface area (Å²) in [7, 11) is 0. The average Bonchev–Trinajstić information content (AvgIpc) is 2.26. The maximum atomic E-state index is 11.7. The van der Waals surface area contributed by atoms with Crippen molar-refractivity contribution < 1.29 is 4.79 Å². The highest BCUT2D eigenvalue weighted by atomic mass is 16.1. The van der Waals surface area contributed by atoms with Gasteiger partial charge in [-0.15, -0.1) is 0 Å². The predicted molar refractivity (Wildman–Crippen MR) is 58.1 cm³/mol. The topological polar surface area (TPSA) is 52.9 Å². The van der Waals surface area contributed by atoms with Gasteiger partial charge in [0, 0.05) is 5.56 Å². The summed E-state index contributed by atoms with van der Waals surface area (Å²) >= 11 is 0. The van der Waals surface area contributed by atoms with Crippen molar-refractivity contribution >= 4 is 5.91 Å². The van der Waals surface area contributed by atoms with Crippen LogP contribution < -0.4 is 5.32 Å². The zero-order valence-corrected chi connectivity index (χ0v) is 8.90. The molecular weight excluding hydrogens is 188 g/mol. The number of amides is 1. The summed E-state index contributed by atoms with van der Waals surface area (Å²) in [6.07, 6.45) is 0. The Morgan fingerprint density at radius 3 is 2.40 bits per heavy atom. The highest BCUT2D eigenvalue weighted by Gasteiger charge is 2.15. The molecule has 0 aromatic heterocycles. The molecule has 0 saturated heterocycles. The molecule has 3 nitrogen and oxygen atoms in total. The normalized spacial score (nSPS) is 11.9. The Balaban J connectivity index is 2.68. The van der Waals surface area contributed by atoms with Crippen LogP contribution in [0, 0.1) is 17.2 Å². The van der Waals surface area contributed by atoms with Gasteiger partial charge in [-0.2, -0.15) is 5.26 Å². The molecule has 1 atom stereocenters. The molecule has 0 unspecified atom stereocenters. The average molecular weight is 202 g/mol. The largest absolute Gasteiger partial charge is 0.336 e. The van der Waals surface area contributed by atoms with Gasteiger partial charge in [-0.1, -0.05) is 32.0 Å². The van der Waals surface area contributed by atoms with E-state index in [-0.39, 0.29) is 11.8 Å². The third kappa shape index (κ3) is 3.10. The van der Waals surface area contributed by atoms with Crippen LogP contribution in [0.25, 0.3) is 0 Å². The van der Waals surface area contributed by atoms with E-state index in [9.17, 15) is 4.79 Å². The Morgan fingerprint density at radius 1 is 1.33 bits per heavy atom. The summed E-state index contributed by atoms with van der Waals surface area (Å²) in [5.41, 5.74) is 0.582. The number of nitrogens with zero attached hydrogens (tertiary/aromatic N) is 1. The Kier molecular flexibility index (Phi) is 3.87. The molecule has 1 aromatic rings. The molecular formula is C12H14N2O. The molecule has 1 N–H and O–H groups in total. The second-order valence-corrected chi connectivity index (χ2v) is 3.69. The van der Waals surface area contributed by atoms with Gasteiger partial charge in [0.15, 0.2) is 0 Å². The SMILES string of the molecule is CC(C)[C@H](C#N)NC(=O)c1ccccc1. The van der Waals surface area contributed by atoms with Gasteiger partial charge in [-0.3, -0.25) is 4.79 Å². The summed E-state index contributed by atoms with van der Waals surface area (Å²) in [4.78, 5) is 11.7. The minimum Gasteiger partial charge on any atom is -0.336 e. The minimum atomic E-state index is -0.433. The van der Waals surface area contributed by atoms with E-state index in [2.05, 4.69) is 11.4 Å². The first-order chi connectivity index (χ1) is 7.15. The van der Waals surface area contributed by atoms with E-state index in [4.69, 9.17) is 5.26 Å². The summed E-state index contributed by atoms with van der Waals surface area (Å²) < 4.78 is 0. The lowest BCUT2D eigenvalue weighted by molar-refractivity contribution is 0.0937. The van der Waals surface area contributed by atoms with Crippen molar-refractivity contribution in [2.75, 3.05) is 0 Å². The van der Waals surface area contributed by atoms with Crippen LogP contribution in [0.3, 0.4) is 0 Å². The second kappa shape index (κ2) is 5.16. The highest BCUT2D eigenvalue weighted by molar-refractivity contribution is 5.94. The fourth-order valence-electron chi connectivity index (χ4n) is 1.16. The number of benzene rings is 1. The van der Waals surface area contributed by atoms with Crippen molar-refractivity contribution in [2.45, 2.75) is 19.9 Å². The standard InChI is InChI=1S/C12H14N2O/c1-9(2)11(8-13)14-12(15)10-6-4-3-5-7-10/h3-7,9,11H,1-2H3,(H,14,15)/t11-/m0/s1. The van der Waals surface area contributed by atoms with Crippen molar-refractivity contribution in [1.29, 1.82) is 5.26 Å². The van der Waals surface area contributed by atoms with Crippen molar-refractivity contribution in [3.05, 3.63) is 35.9 Å². The molecule has 1 aromatic carbocycles. The number of hydrogen-bond donors (Lipinski definition) is 1. The van der Waals surface area contributed by atoms with Crippen molar-refractivity contribution in [1.82, 2.24) is 5.32 Å². The lowest BCUT2D eigenvalue weighted by atomic mass is 10.1. The Bertz CT molecular complexity index is 365. The first-order valence-corrected chi connectivity index (χ1v) is 4.90. The van der Waals surface area contributed by atoms with E-state index in [0.29, 0.717) is 5.56 Å². The lowest BCUT2D eigenvalue weighted by Crippen LogP contribution is -2.37. The van der Waals surface area contributed by atoms with Crippen LogP contribution in [0.4, 0.5) is 0 Å². The summed E-state index contributed by atoms with van der Waals surface area (Å²) in [6, 6.07) is 10.5. The van der Waals surface area contributed by atoms with Crippen LogP contribution in [0.2, 0.25) is 0 Å². The van der Waals surface area contributed by atoms with Crippen molar-refractivity contribution in [2.24, 2.45) is 5.92 Å². The minimum absolute atomic E-state index is 0.114. The smallest absolute Gasteiger partial charge is 0.252 e. The number of carbonyl (C=O) groups excluding carboxylic acids is 1. The fourth-order valence-corrected chi connectivity index (χ4v) is 1.16. The summed E-state index contributed by atoms with van der Waals surface area (Å²) in [5.74, 6) is -0.0847. The quantitative estimate of drug-likeness (QED) is 0.814. The number of nitriles is 1. The Labute approximate surface area is 89.7 Å². The van der Waals surface area contributed by atoms with Gasteiger partial charge in [-0.25, -0.2) is 0 Å². The van der Waals surface area contributed by atoms with E-state index in [1.807, 2.05) is 19.9 Å². The molecule has 78 valence electrons. The van der Waals surface area contributed by atoms with Gasteiger partial charge >= 0.3 is 0 Å². The van der Waals surface area contributed by atoms with Crippen LogP contribution in [-0.2, 0) is 0 Å². The van der Waals surface area contributed by atoms with Gasteiger partial charge in [0.25, 0.3) is 5.91 Å². The molecule has 0 aliphatic heterocycles. The molecule has 1 rings (SSSR count). The highest BCUT2D eigenvalue weighted by Crippen LogP contribution is 2.03. The molecule has 1 amide bonds. The van der Waals surface area contributed by atoms with Gasteiger partial charge < -0.3 is 5.32 Å². The van der Waals surface area contributed by atoms with E-state index >= 15 is 0 Å². The van der Waals surface area contributed by atoms with Gasteiger partial charge in [0.05, 0.1) is 6.07 Å². The molecule has 0 heterocycles. The first-order valence-electron chi connectivity index (χ1n) is 4.90. The molecule has 0 saturated carbocycles. The number of hydrogen-bond acceptors (Lipinski definition) is 2. The maximum Gasteiger partial charge on any atom is 0.252 e. The molecule has 15 heavy (non-hydrogen) atoms. The van der Waals surface area contributed by atoms with Crippen LogP contribution in [0.15, 0.2) is 30.3 Å². The summed E-state index contributed by atoms with van der Waals surface area (Å²) in [6.45, 7) is 3.80. The molecule has 0 radical (unpaired) electrons. The van der Waals surface area contributed by atoms with Crippen molar-refractivity contribution in [3.8, 4) is 6.07 Å². The monoisotopic (exact) mass is 202 g/mol. The fraction of sp³-hybridized carbons (Fsp3) is 0.333. The molecule has 3 heteroatoms. The number of nitrogens with one attached hydrogen (secondary N) is 1. The third-order valence-corrected chi connectivity index (χ3v) is 2.13. The molecule has 0 aliphatic carbocycles. The van der Waals surface area contributed by atoms with Crippen LogP contribution >= 0.6 is 0 Å². The Hall–Kier alpha value is -1.82. The second-order valence-electron chi connectivity index (χ2n) is 3.69. The third-order valence-electron chi connectivity index (χ3n) is 2.13. The molecule has 0 spiro atoms. The first kappa shape index (κ1) is 11.3. The van der Waals surface area contributed by atoms with Crippen molar-refractivity contribution in [3.63, 3.8) is 0 Å². The zero-order chi connectivity index (χ0) is 11.3. The summed E-state index contributed by atoms with van der Waals surface area (Å²) in [5, 5.41) is 11.5. The number of carbonyl (C=O) groups is 1. The van der Waals surface area contributed by atoms with E-state index in [0.717, 1.165) is 0 Å². The predicted octanol–water partition coefficient (Wildman–Crippen LogP) is 1.96. The van der Waals surface area contributed by atoms with Crippen LogP contribution in [0.5, 0.6) is 0 Å². The van der Waals surface area contributed by atoms with Crippen LogP contribution in [-0.4, -0.2) is 11.9 Å². The van der Waals surface area contributed by atoms with E-state index in [1.165, 1.54) is 0 Å². The van der Waals surface area contributed by atoms with Gasteiger partial charge in [-0.05, 0) is 18.1 Å². The van der Waals surface area contributed by atoms with Crippen LogP contribution in [0.1, 0.15) is 24.2 Å².